The number of thiophene rings is 1. The van der Waals surface area contributed by atoms with Crippen molar-refractivity contribution >= 4 is 34.7 Å². The second kappa shape index (κ2) is 13.6. The summed E-state index contributed by atoms with van der Waals surface area (Å²) in [5.74, 6) is -0.917. The number of hydrogen-bond donors (Lipinski definition) is 2. The molecule has 1 unspecified atom stereocenters. The SMILES string of the molecule is CC(C)(C)c1ccc(C(=O)N[C@@H](Cc2ccc(-c3ncc(C4=CCC(c5ccccc5)CC4)cn3)cc2)C(=O)N2CC(C(=O)O)C2)s1. The number of allylic oxidation sites excluding steroid dienone is 2. The van der Waals surface area contributed by atoms with Crippen LogP contribution in [0, 0.1) is 5.92 Å². The van der Waals surface area contributed by atoms with Crippen molar-refractivity contribution in [3.63, 3.8) is 0 Å². The number of rotatable bonds is 9. The van der Waals surface area contributed by atoms with E-state index < -0.39 is 17.9 Å². The molecule has 1 fully saturated rings. The first-order chi connectivity index (χ1) is 22.5. The van der Waals surface area contributed by atoms with Crippen molar-refractivity contribution < 1.29 is 19.5 Å². The average Bonchev–Trinajstić information content (AvgIpc) is 3.56. The monoisotopic (exact) mass is 648 g/mol. The summed E-state index contributed by atoms with van der Waals surface area (Å²) in [5, 5.41) is 12.2. The first-order valence-electron chi connectivity index (χ1n) is 16.1. The fourth-order valence-electron chi connectivity index (χ4n) is 6.12. The molecule has 2 aromatic heterocycles. The van der Waals surface area contributed by atoms with Crippen LogP contribution in [0.25, 0.3) is 17.0 Å². The van der Waals surface area contributed by atoms with Crippen molar-refractivity contribution in [1.29, 1.82) is 0 Å². The number of carbonyl (C=O) groups excluding carboxylic acids is 2. The number of aromatic nitrogens is 2. The van der Waals surface area contributed by atoms with Crippen molar-refractivity contribution in [2.45, 2.75) is 63.8 Å². The number of nitrogens with zero attached hydrogens (tertiary/aromatic N) is 3. The van der Waals surface area contributed by atoms with E-state index in [0.29, 0.717) is 16.6 Å². The lowest BCUT2D eigenvalue weighted by Gasteiger charge is -2.38. The number of nitrogens with one attached hydrogen (secondary N) is 1. The molecule has 9 heteroatoms. The molecule has 4 aromatic rings. The van der Waals surface area contributed by atoms with Crippen LogP contribution in [-0.2, 0) is 21.4 Å². The van der Waals surface area contributed by atoms with Gasteiger partial charge in [-0.25, -0.2) is 9.97 Å². The highest BCUT2D eigenvalue weighted by atomic mass is 32.1. The van der Waals surface area contributed by atoms with Crippen LogP contribution in [-0.4, -0.2) is 56.9 Å². The van der Waals surface area contributed by atoms with E-state index in [1.807, 2.05) is 42.7 Å². The Morgan fingerprint density at radius 1 is 0.957 bits per heavy atom. The molecule has 2 N–H and O–H groups in total. The van der Waals surface area contributed by atoms with E-state index in [4.69, 9.17) is 0 Å². The van der Waals surface area contributed by atoms with E-state index in [1.165, 1.54) is 27.4 Å². The predicted molar refractivity (Wildman–Crippen MR) is 184 cm³/mol. The third kappa shape index (κ3) is 7.52. The minimum absolute atomic E-state index is 0.0903. The Bertz CT molecular complexity index is 1770. The molecule has 3 heterocycles. The minimum Gasteiger partial charge on any atom is -0.481 e. The van der Waals surface area contributed by atoms with Gasteiger partial charge in [0.1, 0.15) is 6.04 Å². The number of carboxylic acid groups (broad SMARTS) is 1. The van der Waals surface area contributed by atoms with E-state index in [2.05, 4.69) is 72.5 Å². The molecule has 0 radical (unpaired) electrons. The summed E-state index contributed by atoms with van der Waals surface area (Å²) >= 11 is 1.42. The highest BCUT2D eigenvalue weighted by molar-refractivity contribution is 7.14. The fraction of sp³-hybridized carbons (Fsp3) is 0.342. The molecule has 0 bridgehead atoms. The molecule has 8 nitrogen and oxygen atoms in total. The molecule has 6 rings (SSSR count). The highest BCUT2D eigenvalue weighted by Crippen LogP contribution is 2.36. The number of amides is 2. The average molecular weight is 649 g/mol. The van der Waals surface area contributed by atoms with Crippen molar-refractivity contribution in [1.82, 2.24) is 20.2 Å². The molecule has 0 spiro atoms. The van der Waals surface area contributed by atoms with E-state index in [0.717, 1.165) is 40.8 Å². The van der Waals surface area contributed by atoms with E-state index >= 15 is 0 Å². The Morgan fingerprint density at radius 2 is 1.66 bits per heavy atom. The van der Waals surface area contributed by atoms with E-state index in [1.54, 1.807) is 6.07 Å². The predicted octanol–water partition coefficient (Wildman–Crippen LogP) is 6.74. The van der Waals surface area contributed by atoms with Crippen LogP contribution >= 0.6 is 11.3 Å². The third-order valence-corrected chi connectivity index (χ3v) is 10.6. The lowest BCUT2D eigenvalue weighted by Crippen LogP contribution is -2.59. The molecular weight excluding hydrogens is 609 g/mol. The summed E-state index contributed by atoms with van der Waals surface area (Å²) in [6.07, 6.45) is 9.47. The standard InChI is InChI=1S/C38H40N4O4S/c1-38(2,3)33-18-17-32(47-33)35(43)41-31(36(44)42-22-30(23-42)37(45)46)19-24-9-11-28(12-10-24)34-39-20-29(21-40-34)27-15-13-26(14-16-27)25-7-5-4-6-8-25/h4-12,15,17-18,20-21,26,30-31H,13-14,16,19,22-23H2,1-3H3,(H,41,43)(H,45,46)/t26?,31-/m0/s1. The van der Waals surface area contributed by atoms with Crippen LogP contribution in [0.5, 0.6) is 0 Å². The number of hydrogen-bond acceptors (Lipinski definition) is 6. The largest absolute Gasteiger partial charge is 0.481 e. The van der Waals surface area contributed by atoms with E-state index in [9.17, 15) is 19.5 Å². The molecular formula is C38H40N4O4S. The number of likely N-dealkylation sites (tertiary alicyclic amines) is 1. The smallest absolute Gasteiger partial charge is 0.310 e. The molecule has 2 atom stereocenters. The Kier molecular flexibility index (Phi) is 9.36. The van der Waals surface area contributed by atoms with Gasteiger partial charge in [0.2, 0.25) is 5.91 Å². The molecule has 2 amide bonds. The van der Waals surface area contributed by atoms with Gasteiger partial charge in [0, 0.05) is 47.9 Å². The van der Waals surface area contributed by atoms with Gasteiger partial charge in [-0.2, -0.15) is 0 Å². The van der Waals surface area contributed by atoms with Crippen molar-refractivity contribution in [3.8, 4) is 11.4 Å². The van der Waals surface area contributed by atoms with Crippen molar-refractivity contribution in [2.75, 3.05) is 13.1 Å². The summed E-state index contributed by atoms with van der Waals surface area (Å²) in [6.45, 7) is 6.56. The topological polar surface area (TPSA) is 112 Å². The zero-order valence-electron chi connectivity index (χ0n) is 27.0. The second-order valence-electron chi connectivity index (χ2n) is 13.5. The van der Waals surface area contributed by atoms with Gasteiger partial charge in [-0.3, -0.25) is 14.4 Å². The molecule has 0 saturated carbocycles. The molecule has 1 saturated heterocycles. The van der Waals surface area contributed by atoms with Crippen LogP contribution in [0.1, 0.15) is 77.2 Å². The third-order valence-electron chi connectivity index (χ3n) is 9.07. The lowest BCUT2D eigenvalue weighted by molar-refractivity contribution is -0.153. The summed E-state index contributed by atoms with van der Waals surface area (Å²) in [6, 6.07) is 21.3. The Morgan fingerprint density at radius 3 is 2.26 bits per heavy atom. The number of carbonyl (C=O) groups is 3. The number of carboxylic acids is 1. The molecule has 242 valence electrons. The summed E-state index contributed by atoms with van der Waals surface area (Å²) < 4.78 is 0. The van der Waals surface area contributed by atoms with Gasteiger partial charge in [-0.1, -0.05) is 81.4 Å². The van der Waals surface area contributed by atoms with Gasteiger partial charge in [0.05, 0.1) is 10.8 Å². The first-order valence-corrected chi connectivity index (χ1v) is 17.0. The normalized spacial score (nSPS) is 17.4. The fourth-order valence-corrected chi connectivity index (χ4v) is 7.09. The van der Waals surface area contributed by atoms with Crippen LogP contribution in [0.2, 0.25) is 0 Å². The first kappa shape index (κ1) is 32.3. The maximum atomic E-state index is 13.5. The summed E-state index contributed by atoms with van der Waals surface area (Å²) in [4.78, 5) is 50.5. The lowest BCUT2D eigenvalue weighted by atomic mass is 9.83. The Hall–Kier alpha value is -4.63. The number of aliphatic carboxylic acids is 1. The van der Waals surface area contributed by atoms with Gasteiger partial charge >= 0.3 is 5.97 Å². The van der Waals surface area contributed by atoms with Gasteiger partial charge in [0.25, 0.3) is 5.91 Å². The summed E-state index contributed by atoms with van der Waals surface area (Å²) in [7, 11) is 0. The maximum Gasteiger partial charge on any atom is 0.310 e. The van der Waals surface area contributed by atoms with E-state index in [-0.39, 0.29) is 36.7 Å². The zero-order valence-corrected chi connectivity index (χ0v) is 27.8. The minimum atomic E-state index is -0.916. The van der Waals surface area contributed by atoms with Crippen LogP contribution < -0.4 is 5.32 Å². The highest BCUT2D eigenvalue weighted by Gasteiger charge is 2.39. The summed E-state index contributed by atoms with van der Waals surface area (Å²) in [5.41, 5.74) is 5.35. The van der Waals surface area contributed by atoms with Gasteiger partial charge < -0.3 is 15.3 Å². The van der Waals surface area contributed by atoms with Gasteiger partial charge in [-0.15, -0.1) is 11.3 Å². The molecule has 47 heavy (non-hydrogen) atoms. The second-order valence-corrected chi connectivity index (χ2v) is 14.6. The maximum absolute atomic E-state index is 13.5. The zero-order chi connectivity index (χ0) is 33.1. The molecule has 1 aliphatic carbocycles. The van der Waals surface area contributed by atoms with Crippen LogP contribution in [0.4, 0.5) is 0 Å². The Labute approximate surface area is 279 Å². The van der Waals surface area contributed by atoms with Crippen LogP contribution in [0.15, 0.2) is 85.2 Å². The quantitative estimate of drug-likeness (QED) is 0.208. The molecule has 1 aliphatic heterocycles. The van der Waals surface area contributed by atoms with Crippen LogP contribution in [0.3, 0.4) is 0 Å². The molecule has 2 aliphatic rings. The number of benzene rings is 2. The van der Waals surface area contributed by atoms with Gasteiger partial charge in [0.15, 0.2) is 5.82 Å². The Balaban J connectivity index is 1.12. The van der Waals surface area contributed by atoms with Gasteiger partial charge in [-0.05, 0) is 59.4 Å². The van der Waals surface area contributed by atoms with Crippen molar-refractivity contribution in [3.05, 3.63) is 112 Å². The van der Waals surface area contributed by atoms with Crippen molar-refractivity contribution in [2.24, 2.45) is 5.92 Å². The molecule has 2 aromatic carbocycles.